The molecule has 1 nitrogen and oxygen atoms in total. The minimum Gasteiger partial charge on any atom is -0.311 e. The Morgan fingerprint density at radius 3 is 2.94 bits per heavy atom. The lowest BCUT2D eigenvalue weighted by Crippen LogP contribution is -2.28. The highest BCUT2D eigenvalue weighted by atomic mass is 79.9. The monoisotopic (exact) mass is 285 g/mol. The van der Waals surface area contributed by atoms with Gasteiger partial charge in [-0.3, -0.25) is 0 Å². The average molecular weight is 286 g/mol. The zero-order chi connectivity index (χ0) is 11.7. The van der Waals surface area contributed by atoms with Crippen LogP contribution in [0.3, 0.4) is 0 Å². The summed E-state index contributed by atoms with van der Waals surface area (Å²) in [6.07, 6.45) is 2.06. The standard InChI is InChI=1S/C13H17BrFN/c1-3-13-11(6-8(2)16-13)10-7-9(14)4-5-12(10)15/h4-5,7-8,11,13,16H,3,6H2,1-2H3. The van der Waals surface area contributed by atoms with Crippen LogP contribution in [-0.4, -0.2) is 12.1 Å². The van der Waals surface area contributed by atoms with Gasteiger partial charge >= 0.3 is 0 Å². The predicted molar refractivity (Wildman–Crippen MR) is 68.1 cm³/mol. The van der Waals surface area contributed by atoms with E-state index in [2.05, 4.69) is 35.1 Å². The Labute approximate surface area is 105 Å². The van der Waals surface area contributed by atoms with Gasteiger partial charge in [0.1, 0.15) is 5.82 Å². The molecule has 3 atom stereocenters. The highest BCUT2D eigenvalue weighted by Crippen LogP contribution is 2.34. The quantitative estimate of drug-likeness (QED) is 0.871. The Morgan fingerprint density at radius 1 is 1.50 bits per heavy atom. The highest BCUT2D eigenvalue weighted by molar-refractivity contribution is 9.10. The average Bonchev–Trinajstić information content (AvgIpc) is 2.63. The van der Waals surface area contributed by atoms with Crippen molar-refractivity contribution in [2.24, 2.45) is 0 Å². The molecule has 1 heterocycles. The first kappa shape index (κ1) is 12.1. The van der Waals surface area contributed by atoms with Crippen LogP contribution in [0.5, 0.6) is 0 Å². The van der Waals surface area contributed by atoms with Gasteiger partial charge in [-0.25, -0.2) is 4.39 Å². The van der Waals surface area contributed by atoms with Gasteiger partial charge in [0, 0.05) is 22.5 Å². The first-order valence-electron chi connectivity index (χ1n) is 5.82. The molecule has 0 saturated carbocycles. The predicted octanol–water partition coefficient (Wildman–Crippen LogP) is 3.83. The van der Waals surface area contributed by atoms with Crippen LogP contribution in [0.4, 0.5) is 4.39 Å². The lowest BCUT2D eigenvalue weighted by atomic mass is 9.89. The number of benzene rings is 1. The number of nitrogens with one attached hydrogen (secondary N) is 1. The maximum Gasteiger partial charge on any atom is 0.126 e. The first-order chi connectivity index (χ1) is 7.61. The van der Waals surface area contributed by atoms with Crippen LogP contribution in [0.25, 0.3) is 0 Å². The number of hydrogen-bond donors (Lipinski definition) is 1. The molecule has 1 aromatic rings. The summed E-state index contributed by atoms with van der Waals surface area (Å²) >= 11 is 3.41. The van der Waals surface area contributed by atoms with Crippen LogP contribution in [0.2, 0.25) is 0 Å². The van der Waals surface area contributed by atoms with Gasteiger partial charge in [0.15, 0.2) is 0 Å². The summed E-state index contributed by atoms with van der Waals surface area (Å²) in [4.78, 5) is 0. The third kappa shape index (κ3) is 2.30. The molecular weight excluding hydrogens is 269 g/mol. The van der Waals surface area contributed by atoms with Crippen molar-refractivity contribution in [2.45, 2.75) is 44.7 Å². The van der Waals surface area contributed by atoms with Crippen molar-refractivity contribution in [1.29, 1.82) is 0 Å². The molecule has 0 spiro atoms. The van der Waals surface area contributed by atoms with Gasteiger partial charge in [-0.1, -0.05) is 22.9 Å². The maximum absolute atomic E-state index is 13.8. The Balaban J connectivity index is 2.32. The minimum atomic E-state index is -0.0810. The van der Waals surface area contributed by atoms with Crippen LogP contribution in [0.15, 0.2) is 22.7 Å². The van der Waals surface area contributed by atoms with E-state index in [0.717, 1.165) is 22.9 Å². The van der Waals surface area contributed by atoms with Crippen LogP contribution in [-0.2, 0) is 0 Å². The molecule has 2 rings (SSSR count). The second-order valence-corrected chi connectivity index (χ2v) is 5.51. The maximum atomic E-state index is 13.8. The second kappa shape index (κ2) is 4.84. The van der Waals surface area contributed by atoms with Gasteiger partial charge in [0.2, 0.25) is 0 Å². The fourth-order valence-corrected chi connectivity index (χ4v) is 3.02. The van der Waals surface area contributed by atoms with Gasteiger partial charge < -0.3 is 5.32 Å². The van der Waals surface area contributed by atoms with E-state index in [4.69, 9.17) is 0 Å². The zero-order valence-corrected chi connectivity index (χ0v) is 11.2. The Morgan fingerprint density at radius 2 is 2.25 bits per heavy atom. The van der Waals surface area contributed by atoms with E-state index in [1.165, 1.54) is 0 Å². The number of halogens is 2. The molecule has 16 heavy (non-hydrogen) atoms. The molecule has 1 fully saturated rings. The van der Waals surface area contributed by atoms with Gasteiger partial charge in [-0.2, -0.15) is 0 Å². The molecule has 0 amide bonds. The van der Waals surface area contributed by atoms with Crippen LogP contribution in [0.1, 0.15) is 38.2 Å². The minimum absolute atomic E-state index is 0.0810. The van der Waals surface area contributed by atoms with Crippen LogP contribution in [0, 0.1) is 5.82 Å². The van der Waals surface area contributed by atoms with Crippen molar-refractivity contribution < 1.29 is 4.39 Å². The fraction of sp³-hybridized carbons (Fsp3) is 0.538. The van der Waals surface area contributed by atoms with E-state index in [9.17, 15) is 4.39 Å². The molecular formula is C13H17BrFN. The molecule has 88 valence electrons. The van der Waals surface area contributed by atoms with Crippen LogP contribution < -0.4 is 5.32 Å². The first-order valence-corrected chi connectivity index (χ1v) is 6.62. The molecule has 1 aliphatic rings. The normalized spacial score (nSPS) is 29.6. The molecule has 0 aromatic heterocycles. The highest BCUT2D eigenvalue weighted by Gasteiger charge is 2.32. The van der Waals surface area contributed by atoms with Crippen molar-refractivity contribution in [1.82, 2.24) is 5.32 Å². The van der Waals surface area contributed by atoms with E-state index in [0.29, 0.717) is 18.0 Å². The summed E-state index contributed by atoms with van der Waals surface area (Å²) in [5.41, 5.74) is 0.845. The summed E-state index contributed by atoms with van der Waals surface area (Å²) < 4.78 is 14.8. The Kier molecular flexibility index (Phi) is 3.65. The van der Waals surface area contributed by atoms with Crippen molar-refractivity contribution in [3.05, 3.63) is 34.1 Å². The molecule has 1 aliphatic heterocycles. The SMILES string of the molecule is CCC1NC(C)CC1c1cc(Br)ccc1F. The van der Waals surface area contributed by atoms with Gasteiger partial charge in [-0.05, 0) is 43.5 Å². The second-order valence-electron chi connectivity index (χ2n) is 4.59. The molecule has 1 N–H and O–H groups in total. The summed E-state index contributed by atoms with van der Waals surface area (Å²) in [5.74, 6) is 0.222. The molecule has 0 radical (unpaired) electrons. The fourth-order valence-electron chi connectivity index (χ4n) is 2.64. The van der Waals surface area contributed by atoms with Gasteiger partial charge in [0.25, 0.3) is 0 Å². The summed E-state index contributed by atoms with van der Waals surface area (Å²) in [5, 5.41) is 3.52. The third-order valence-electron chi connectivity index (χ3n) is 3.39. The van der Waals surface area contributed by atoms with Gasteiger partial charge in [-0.15, -0.1) is 0 Å². The van der Waals surface area contributed by atoms with E-state index < -0.39 is 0 Å². The Hall–Kier alpha value is -0.410. The van der Waals surface area contributed by atoms with Gasteiger partial charge in [0.05, 0.1) is 0 Å². The van der Waals surface area contributed by atoms with Crippen molar-refractivity contribution in [3.63, 3.8) is 0 Å². The van der Waals surface area contributed by atoms with E-state index >= 15 is 0 Å². The van der Waals surface area contributed by atoms with Crippen molar-refractivity contribution in [2.75, 3.05) is 0 Å². The lowest BCUT2D eigenvalue weighted by molar-refractivity contribution is 0.499. The molecule has 0 aliphatic carbocycles. The van der Waals surface area contributed by atoms with Crippen molar-refractivity contribution in [3.8, 4) is 0 Å². The lowest BCUT2D eigenvalue weighted by Gasteiger charge is -2.19. The molecule has 1 saturated heterocycles. The number of hydrogen-bond acceptors (Lipinski definition) is 1. The van der Waals surface area contributed by atoms with Crippen molar-refractivity contribution >= 4 is 15.9 Å². The third-order valence-corrected chi connectivity index (χ3v) is 3.88. The summed E-state index contributed by atoms with van der Waals surface area (Å²) in [6.45, 7) is 4.32. The Bertz CT molecular complexity index is 380. The summed E-state index contributed by atoms with van der Waals surface area (Å²) in [7, 11) is 0. The summed E-state index contributed by atoms with van der Waals surface area (Å²) in [6, 6.07) is 6.11. The van der Waals surface area contributed by atoms with Crippen LogP contribution >= 0.6 is 15.9 Å². The molecule has 0 bridgehead atoms. The zero-order valence-electron chi connectivity index (χ0n) is 9.63. The smallest absolute Gasteiger partial charge is 0.126 e. The van der Waals surface area contributed by atoms with E-state index in [1.807, 2.05) is 6.07 Å². The molecule has 1 aromatic carbocycles. The largest absolute Gasteiger partial charge is 0.311 e. The van der Waals surface area contributed by atoms with E-state index in [-0.39, 0.29) is 5.82 Å². The van der Waals surface area contributed by atoms with E-state index in [1.54, 1.807) is 12.1 Å². The molecule has 3 unspecified atom stereocenters. The topological polar surface area (TPSA) is 12.0 Å². The molecule has 3 heteroatoms. The number of rotatable bonds is 2.